The molecule has 0 aliphatic rings. The van der Waals surface area contributed by atoms with Gasteiger partial charge in [-0.25, -0.2) is 4.39 Å². The van der Waals surface area contributed by atoms with E-state index in [1.165, 1.54) is 6.07 Å². The quantitative estimate of drug-likeness (QED) is 0.819. The monoisotopic (exact) mass is 240 g/mol. The summed E-state index contributed by atoms with van der Waals surface area (Å²) in [5, 5.41) is 9.67. The molecule has 1 rings (SSSR count). The Morgan fingerprint density at radius 3 is 2.53 bits per heavy atom. The van der Waals surface area contributed by atoms with Gasteiger partial charge in [0.2, 0.25) is 0 Å². The number of nitrogens with two attached hydrogens (primary N) is 1. The summed E-state index contributed by atoms with van der Waals surface area (Å²) < 4.78 is 13.7. The normalized spacial score (nSPS) is 12.2. The minimum Gasteiger partial charge on any atom is -0.389 e. The fourth-order valence-electron chi connectivity index (χ4n) is 1.85. The van der Waals surface area contributed by atoms with Crippen molar-refractivity contribution in [3.05, 3.63) is 35.1 Å². The van der Waals surface area contributed by atoms with Crippen LogP contribution in [-0.4, -0.2) is 29.2 Å². The van der Waals surface area contributed by atoms with Gasteiger partial charge in [-0.15, -0.1) is 0 Å². The second-order valence-electron chi connectivity index (χ2n) is 5.11. The number of rotatable bonds is 5. The number of nitrogens with zero attached hydrogens (tertiary/aromatic N) is 1. The van der Waals surface area contributed by atoms with Gasteiger partial charge in [-0.3, -0.25) is 4.90 Å². The van der Waals surface area contributed by atoms with Crippen LogP contribution < -0.4 is 5.73 Å². The summed E-state index contributed by atoms with van der Waals surface area (Å²) >= 11 is 0. The Hall–Kier alpha value is -0.970. The van der Waals surface area contributed by atoms with E-state index in [4.69, 9.17) is 5.73 Å². The highest BCUT2D eigenvalue weighted by atomic mass is 19.1. The van der Waals surface area contributed by atoms with Crippen LogP contribution in [0, 0.1) is 5.82 Å². The average Bonchev–Trinajstić information content (AvgIpc) is 2.18. The van der Waals surface area contributed by atoms with Gasteiger partial charge in [-0.05, 0) is 32.5 Å². The molecule has 0 amide bonds. The van der Waals surface area contributed by atoms with Gasteiger partial charge in [-0.1, -0.05) is 12.1 Å². The van der Waals surface area contributed by atoms with Crippen molar-refractivity contribution in [3.8, 4) is 0 Å². The van der Waals surface area contributed by atoms with Crippen LogP contribution in [0.5, 0.6) is 0 Å². The van der Waals surface area contributed by atoms with Gasteiger partial charge in [0.25, 0.3) is 0 Å². The topological polar surface area (TPSA) is 49.5 Å². The minimum atomic E-state index is -0.775. The summed E-state index contributed by atoms with van der Waals surface area (Å²) in [6, 6.07) is 5.04. The molecule has 0 aromatic heterocycles. The Bertz CT molecular complexity index is 374. The van der Waals surface area contributed by atoms with Crippen LogP contribution >= 0.6 is 0 Å². The van der Waals surface area contributed by atoms with E-state index in [9.17, 15) is 9.50 Å². The molecule has 3 N–H and O–H groups in total. The maximum absolute atomic E-state index is 13.7. The lowest BCUT2D eigenvalue weighted by Crippen LogP contribution is -2.36. The van der Waals surface area contributed by atoms with Crippen molar-refractivity contribution in [1.29, 1.82) is 0 Å². The van der Waals surface area contributed by atoms with Crippen LogP contribution in [-0.2, 0) is 13.1 Å². The van der Waals surface area contributed by atoms with Gasteiger partial charge in [0, 0.05) is 25.2 Å². The summed E-state index contributed by atoms with van der Waals surface area (Å²) in [6.45, 7) is 4.78. The first kappa shape index (κ1) is 14.1. The molecular weight excluding hydrogens is 219 g/mol. The first-order chi connectivity index (χ1) is 7.81. The van der Waals surface area contributed by atoms with Crippen LogP contribution in [0.15, 0.2) is 18.2 Å². The van der Waals surface area contributed by atoms with E-state index in [1.807, 2.05) is 18.0 Å². The fourth-order valence-corrected chi connectivity index (χ4v) is 1.85. The first-order valence-corrected chi connectivity index (χ1v) is 5.70. The summed E-state index contributed by atoms with van der Waals surface area (Å²) in [5.41, 5.74) is 6.08. The predicted molar refractivity (Wildman–Crippen MR) is 66.9 cm³/mol. The Morgan fingerprint density at radius 2 is 2.06 bits per heavy atom. The van der Waals surface area contributed by atoms with Crippen molar-refractivity contribution in [1.82, 2.24) is 4.90 Å². The Labute approximate surface area is 102 Å². The first-order valence-electron chi connectivity index (χ1n) is 5.70. The molecule has 0 spiro atoms. The third kappa shape index (κ3) is 4.81. The van der Waals surface area contributed by atoms with E-state index >= 15 is 0 Å². The molecule has 0 fully saturated rings. The smallest absolute Gasteiger partial charge is 0.128 e. The van der Waals surface area contributed by atoms with E-state index in [-0.39, 0.29) is 5.82 Å². The molecule has 0 aliphatic carbocycles. The standard InChI is InChI=1S/C13H21FN2O/c1-13(2,17)9-16(3)8-11-5-4-10(7-15)6-12(11)14/h4-6,17H,7-9,15H2,1-3H3. The zero-order chi connectivity index (χ0) is 13.1. The lowest BCUT2D eigenvalue weighted by Gasteiger charge is -2.25. The largest absolute Gasteiger partial charge is 0.389 e. The van der Waals surface area contributed by atoms with Crippen molar-refractivity contribution in [2.75, 3.05) is 13.6 Å². The molecule has 3 nitrogen and oxygen atoms in total. The molecule has 0 unspecified atom stereocenters. The fraction of sp³-hybridized carbons (Fsp3) is 0.538. The van der Waals surface area contributed by atoms with E-state index < -0.39 is 5.60 Å². The van der Waals surface area contributed by atoms with Gasteiger partial charge in [0.15, 0.2) is 0 Å². The molecule has 0 saturated carbocycles. The van der Waals surface area contributed by atoms with E-state index in [1.54, 1.807) is 19.9 Å². The van der Waals surface area contributed by atoms with Crippen molar-refractivity contribution in [3.63, 3.8) is 0 Å². The summed E-state index contributed by atoms with van der Waals surface area (Å²) in [6.07, 6.45) is 0. The van der Waals surface area contributed by atoms with E-state index in [0.717, 1.165) is 5.56 Å². The molecular formula is C13H21FN2O. The van der Waals surface area contributed by atoms with Gasteiger partial charge >= 0.3 is 0 Å². The summed E-state index contributed by atoms with van der Waals surface area (Å²) in [4.78, 5) is 1.89. The Kier molecular flexibility index (Phi) is 4.62. The van der Waals surface area contributed by atoms with Crippen molar-refractivity contribution >= 4 is 0 Å². The number of benzene rings is 1. The molecule has 96 valence electrons. The zero-order valence-electron chi connectivity index (χ0n) is 10.7. The third-order valence-electron chi connectivity index (χ3n) is 2.45. The number of aliphatic hydroxyl groups is 1. The van der Waals surface area contributed by atoms with Gasteiger partial charge in [0.05, 0.1) is 5.60 Å². The second kappa shape index (κ2) is 5.58. The molecule has 17 heavy (non-hydrogen) atoms. The average molecular weight is 240 g/mol. The van der Waals surface area contributed by atoms with Crippen LogP contribution in [0.4, 0.5) is 4.39 Å². The van der Waals surface area contributed by atoms with Crippen LogP contribution in [0.3, 0.4) is 0 Å². The van der Waals surface area contributed by atoms with Gasteiger partial charge in [-0.2, -0.15) is 0 Å². The Balaban J connectivity index is 2.68. The van der Waals surface area contributed by atoms with Crippen molar-refractivity contribution in [2.24, 2.45) is 5.73 Å². The van der Waals surface area contributed by atoms with Gasteiger partial charge < -0.3 is 10.8 Å². The molecule has 0 saturated heterocycles. The molecule has 4 heteroatoms. The zero-order valence-corrected chi connectivity index (χ0v) is 10.7. The highest BCUT2D eigenvalue weighted by Gasteiger charge is 2.16. The van der Waals surface area contributed by atoms with Crippen molar-refractivity contribution < 1.29 is 9.50 Å². The van der Waals surface area contributed by atoms with Crippen LogP contribution in [0.1, 0.15) is 25.0 Å². The molecule has 1 aromatic rings. The lowest BCUT2D eigenvalue weighted by atomic mass is 10.1. The van der Waals surface area contributed by atoms with Crippen molar-refractivity contribution in [2.45, 2.75) is 32.5 Å². The predicted octanol–water partition coefficient (Wildman–Crippen LogP) is 1.49. The summed E-state index contributed by atoms with van der Waals surface area (Å²) in [7, 11) is 1.86. The molecule has 0 bridgehead atoms. The van der Waals surface area contributed by atoms with Gasteiger partial charge in [0.1, 0.15) is 5.82 Å². The second-order valence-corrected chi connectivity index (χ2v) is 5.11. The third-order valence-corrected chi connectivity index (χ3v) is 2.45. The highest BCUT2D eigenvalue weighted by molar-refractivity contribution is 5.24. The summed E-state index contributed by atoms with van der Waals surface area (Å²) in [5.74, 6) is -0.240. The maximum Gasteiger partial charge on any atom is 0.128 e. The number of hydrogen-bond donors (Lipinski definition) is 2. The molecule has 0 aliphatic heterocycles. The number of hydrogen-bond acceptors (Lipinski definition) is 3. The van der Waals surface area contributed by atoms with E-state index in [2.05, 4.69) is 0 Å². The molecule has 0 radical (unpaired) electrons. The SMILES string of the molecule is CN(Cc1ccc(CN)cc1F)CC(C)(C)O. The number of likely N-dealkylation sites (N-methyl/N-ethyl adjacent to an activating group) is 1. The molecule has 1 aromatic carbocycles. The number of halogens is 1. The Morgan fingerprint density at radius 1 is 1.41 bits per heavy atom. The van der Waals surface area contributed by atoms with Crippen LogP contribution in [0.25, 0.3) is 0 Å². The van der Waals surface area contributed by atoms with Crippen LogP contribution in [0.2, 0.25) is 0 Å². The maximum atomic E-state index is 13.7. The lowest BCUT2D eigenvalue weighted by molar-refractivity contribution is 0.0422. The molecule has 0 atom stereocenters. The minimum absolute atomic E-state index is 0.240. The highest BCUT2D eigenvalue weighted by Crippen LogP contribution is 2.13. The van der Waals surface area contributed by atoms with E-state index in [0.29, 0.717) is 25.2 Å². The molecule has 0 heterocycles.